The average Bonchev–Trinajstić information content (AvgIpc) is 3.27. The molecule has 1 N–H and O–H groups in total. The van der Waals surface area contributed by atoms with Gasteiger partial charge < -0.3 is 10.1 Å². The Morgan fingerprint density at radius 1 is 1.23 bits per heavy atom. The lowest BCUT2D eigenvalue weighted by Gasteiger charge is -2.18. The molecule has 0 saturated heterocycles. The first-order valence-corrected chi connectivity index (χ1v) is 11.7. The number of hydrogen-bond donors (Lipinski definition) is 1. The van der Waals surface area contributed by atoms with Crippen LogP contribution in [0.3, 0.4) is 0 Å². The summed E-state index contributed by atoms with van der Waals surface area (Å²) in [6.45, 7) is -0.280. The van der Waals surface area contributed by atoms with Crippen LogP contribution in [0, 0.1) is 10.1 Å². The zero-order valence-corrected chi connectivity index (χ0v) is 18.5. The van der Waals surface area contributed by atoms with Crippen LogP contribution < -0.4 is 10.1 Å². The number of rotatable bonds is 8. The topological polar surface area (TPSA) is 116 Å². The summed E-state index contributed by atoms with van der Waals surface area (Å²) in [6, 6.07) is 12.9. The summed E-state index contributed by atoms with van der Waals surface area (Å²) in [5.74, 6) is -0.283. The first-order chi connectivity index (χ1) is 14.7. The minimum Gasteiger partial charge on any atom is -0.497 e. The number of nitro groups is 1. The lowest BCUT2D eigenvalue weighted by Crippen LogP contribution is -2.32. The van der Waals surface area contributed by atoms with Crippen molar-refractivity contribution in [2.45, 2.75) is 10.1 Å². The molecule has 8 nitrogen and oxygen atoms in total. The summed E-state index contributed by atoms with van der Waals surface area (Å²) in [7, 11) is -2.41. The summed E-state index contributed by atoms with van der Waals surface area (Å²) in [5, 5.41) is 14.5. The van der Waals surface area contributed by atoms with E-state index in [1.807, 2.05) is 0 Å². The Morgan fingerprint density at radius 2 is 1.94 bits per heavy atom. The number of thiophene rings is 1. The van der Waals surface area contributed by atoms with Crippen LogP contribution in [0.15, 0.2) is 64.9 Å². The number of carbonyl (C=O) groups is 1. The summed E-state index contributed by atoms with van der Waals surface area (Å²) >= 11 is 7.11. The summed E-state index contributed by atoms with van der Waals surface area (Å²) in [5.41, 5.74) is -0.670. The highest BCUT2D eigenvalue weighted by Crippen LogP contribution is 2.32. The van der Waals surface area contributed by atoms with Crippen LogP contribution in [0.25, 0.3) is 0 Å². The van der Waals surface area contributed by atoms with E-state index in [2.05, 4.69) is 5.32 Å². The van der Waals surface area contributed by atoms with Gasteiger partial charge in [-0.2, -0.15) is 0 Å². The number of ether oxygens (including phenoxy) is 1. The maximum Gasteiger partial charge on any atom is 0.282 e. The highest BCUT2D eigenvalue weighted by molar-refractivity contribution is 7.91. The van der Waals surface area contributed by atoms with Crippen LogP contribution >= 0.6 is 22.9 Å². The SMILES string of the molecule is COc1ccc(S(=O)(=O)[C@@H](CNC(=O)c2cc(Cl)ccc2[N+](=O)[O-])c2cccs2)cc1. The summed E-state index contributed by atoms with van der Waals surface area (Å²) in [6.07, 6.45) is 0. The highest BCUT2D eigenvalue weighted by atomic mass is 35.5. The van der Waals surface area contributed by atoms with Crippen molar-refractivity contribution in [3.05, 3.63) is 85.6 Å². The summed E-state index contributed by atoms with van der Waals surface area (Å²) < 4.78 is 31.7. The van der Waals surface area contributed by atoms with Gasteiger partial charge in [0.05, 0.1) is 16.9 Å². The van der Waals surface area contributed by atoms with Crippen molar-refractivity contribution in [1.82, 2.24) is 5.32 Å². The largest absolute Gasteiger partial charge is 0.497 e. The van der Waals surface area contributed by atoms with Crippen LogP contribution in [0.5, 0.6) is 5.75 Å². The zero-order chi connectivity index (χ0) is 22.6. The number of amides is 1. The molecule has 0 unspecified atom stereocenters. The molecule has 0 bridgehead atoms. The number of hydrogen-bond acceptors (Lipinski definition) is 7. The number of methoxy groups -OCH3 is 1. The van der Waals surface area contributed by atoms with Gasteiger partial charge in [-0.3, -0.25) is 14.9 Å². The number of nitrogens with zero attached hydrogens (tertiary/aromatic N) is 1. The molecular weight excluding hydrogens is 464 g/mol. The fraction of sp³-hybridized carbons (Fsp3) is 0.150. The monoisotopic (exact) mass is 480 g/mol. The Labute approximate surface area is 187 Å². The Balaban J connectivity index is 1.90. The normalized spacial score (nSPS) is 12.2. The maximum absolute atomic E-state index is 13.3. The van der Waals surface area contributed by atoms with Gasteiger partial charge in [0.25, 0.3) is 11.6 Å². The van der Waals surface area contributed by atoms with E-state index in [1.165, 1.54) is 54.8 Å². The van der Waals surface area contributed by atoms with E-state index in [0.29, 0.717) is 10.6 Å². The van der Waals surface area contributed by atoms with Gasteiger partial charge in [0, 0.05) is 22.5 Å². The number of benzene rings is 2. The van der Waals surface area contributed by atoms with Crippen LogP contribution in [0.1, 0.15) is 20.5 Å². The molecule has 1 heterocycles. The number of halogens is 1. The molecule has 0 saturated carbocycles. The average molecular weight is 481 g/mol. The van der Waals surface area contributed by atoms with Crippen molar-refractivity contribution in [3.63, 3.8) is 0 Å². The molecule has 0 fully saturated rings. The van der Waals surface area contributed by atoms with E-state index in [4.69, 9.17) is 16.3 Å². The van der Waals surface area contributed by atoms with E-state index in [-0.39, 0.29) is 22.0 Å². The predicted octanol–water partition coefficient (Wildman–Crippen LogP) is 4.26. The van der Waals surface area contributed by atoms with Crippen LogP contribution in [0.2, 0.25) is 5.02 Å². The number of sulfone groups is 1. The van der Waals surface area contributed by atoms with Gasteiger partial charge in [-0.1, -0.05) is 17.7 Å². The third-order valence-electron chi connectivity index (χ3n) is 4.47. The molecule has 3 rings (SSSR count). The lowest BCUT2D eigenvalue weighted by atomic mass is 10.1. The van der Waals surface area contributed by atoms with Crippen molar-refractivity contribution in [3.8, 4) is 5.75 Å². The molecule has 162 valence electrons. The molecule has 11 heteroatoms. The second-order valence-corrected chi connectivity index (χ2v) is 9.90. The van der Waals surface area contributed by atoms with E-state index in [9.17, 15) is 23.3 Å². The maximum atomic E-state index is 13.3. The van der Waals surface area contributed by atoms with Crippen molar-refractivity contribution in [2.75, 3.05) is 13.7 Å². The molecule has 0 spiro atoms. The van der Waals surface area contributed by atoms with Crippen molar-refractivity contribution >= 4 is 44.4 Å². The second-order valence-electron chi connectivity index (χ2n) is 6.35. The van der Waals surface area contributed by atoms with Crippen LogP contribution in [-0.2, 0) is 9.84 Å². The quantitative estimate of drug-likeness (QED) is 0.380. The van der Waals surface area contributed by atoms with Crippen molar-refractivity contribution < 1.29 is 22.9 Å². The van der Waals surface area contributed by atoms with Gasteiger partial charge in [-0.25, -0.2) is 8.42 Å². The molecular formula is C20H17ClN2O6S2. The molecule has 0 aliphatic rings. The number of nitro benzene ring substituents is 1. The van der Waals surface area contributed by atoms with Gasteiger partial charge in [-0.05, 0) is 47.8 Å². The minimum absolute atomic E-state index is 0.0645. The van der Waals surface area contributed by atoms with Gasteiger partial charge in [-0.15, -0.1) is 11.3 Å². The van der Waals surface area contributed by atoms with Crippen LogP contribution in [0.4, 0.5) is 5.69 Å². The predicted molar refractivity (Wildman–Crippen MR) is 118 cm³/mol. The third kappa shape index (κ3) is 5.04. The van der Waals surface area contributed by atoms with Gasteiger partial charge in [0.15, 0.2) is 9.84 Å². The number of carbonyl (C=O) groups excluding carboxylic acids is 1. The highest BCUT2D eigenvalue weighted by Gasteiger charge is 2.31. The minimum atomic E-state index is -3.88. The molecule has 0 aliphatic carbocycles. The molecule has 1 aromatic heterocycles. The molecule has 1 amide bonds. The molecule has 0 aliphatic heterocycles. The Morgan fingerprint density at radius 3 is 2.52 bits per heavy atom. The van der Waals surface area contributed by atoms with Gasteiger partial charge in [0.2, 0.25) is 0 Å². The van der Waals surface area contributed by atoms with Gasteiger partial charge >= 0.3 is 0 Å². The smallest absolute Gasteiger partial charge is 0.282 e. The molecule has 1 atom stereocenters. The fourth-order valence-electron chi connectivity index (χ4n) is 2.90. The van der Waals surface area contributed by atoms with E-state index >= 15 is 0 Å². The molecule has 0 radical (unpaired) electrons. The second kappa shape index (κ2) is 9.46. The van der Waals surface area contributed by atoms with E-state index in [1.54, 1.807) is 17.5 Å². The fourth-order valence-corrected chi connectivity index (χ4v) is 5.85. The van der Waals surface area contributed by atoms with E-state index < -0.39 is 31.6 Å². The standard InChI is InChI=1S/C20H17ClN2O6S2/c1-29-14-5-7-15(8-6-14)31(27,28)19(18-3-2-10-30-18)12-22-20(24)16-11-13(21)4-9-17(16)23(25)26/h2-11,19H,12H2,1H3,(H,22,24)/t19-/m0/s1. The first-order valence-electron chi connectivity index (χ1n) is 8.87. The Bertz CT molecular complexity index is 1190. The molecule has 3 aromatic rings. The first kappa shape index (κ1) is 22.7. The Kier molecular flexibility index (Phi) is 6.94. The molecule has 2 aromatic carbocycles. The number of nitrogens with one attached hydrogen (secondary N) is 1. The lowest BCUT2D eigenvalue weighted by molar-refractivity contribution is -0.385. The van der Waals surface area contributed by atoms with Crippen LogP contribution in [-0.4, -0.2) is 32.9 Å². The van der Waals surface area contributed by atoms with Gasteiger partial charge in [0.1, 0.15) is 16.6 Å². The molecule has 31 heavy (non-hydrogen) atoms. The Hall–Kier alpha value is -2.95. The van der Waals surface area contributed by atoms with Crippen molar-refractivity contribution in [1.29, 1.82) is 0 Å². The zero-order valence-electron chi connectivity index (χ0n) is 16.1. The summed E-state index contributed by atoms with van der Waals surface area (Å²) in [4.78, 5) is 23.8. The van der Waals surface area contributed by atoms with Crippen molar-refractivity contribution in [2.24, 2.45) is 0 Å². The van der Waals surface area contributed by atoms with E-state index in [0.717, 1.165) is 6.07 Å². The third-order valence-corrected chi connectivity index (χ3v) is 7.94.